The first kappa shape index (κ1) is 18.9. The lowest BCUT2D eigenvalue weighted by Gasteiger charge is -2.11. The van der Waals surface area contributed by atoms with Crippen LogP contribution in [0.1, 0.15) is 78.1 Å². The summed E-state index contributed by atoms with van der Waals surface area (Å²) >= 11 is 4.82. The summed E-state index contributed by atoms with van der Waals surface area (Å²) in [6, 6.07) is 0. The maximum Gasteiger partial charge on any atom is -0.0199 e. The molecule has 106 valence electrons. The summed E-state index contributed by atoms with van der Waals surface area (Å²) in [6.07, 6.45) is 13.4. The van der Waals surface area contributed by atoms with Crippen LogP contribution in [0.5, 0.6) is 0 Å². The van der Waals surface area contributed by atoms with Gasteiger partial charge in [0.15, 0.2) is 0 Å². The minimum Gasteiger partial charge on any atom is -0.0654 e. The SMILES string of the molecule is CCCCCCC(=C/I)/C(=C\I)CCCCCC. The smallest absolute Gasteiger partial charge is 0.0199 e. The molecule has 0 fully saturated rings. The van der Waals surface area contributed by atoms with E-state index in [1.54, 1.807) is 11.1 Å². The van der Waals surface area contributed by atoms with E-state index in [1.807, 2.05) is 0 Å². The summed E-state index contributed by atoms with van der Waals surface area (Å²) in [5.74, 6) is 0. The fourth-order valence-electron chi connectivity index (χ4n) is 2.05. The van der Waals surface area contributed by atoms with Gasteiger partial charge in [0.25, 0.3) is 0 Å². The Kier molecular flexibility index (Phi) is 15.1. The Morgan fingerprint density at radius 3 is 1.33 bits per heavy atom. The standard InChI is InChI=1S/C16H28I2/c1-3-5-7-9-11-15(13-17)16(14-18)12-10-8-6-4-2/h13-14H,3-12H2,1-2H3/b15-13-,16-14-. The molecular formula is C16H28I2. The summed E-state index contributed by atoms with van der Waals surface area (Å²) in [5.41, 5.74) is 3.16. The molecule has 0 aliphatic rings. The average molecular weight is 474 g/mol. The Balaban J connectivity index is 4.00. The Morgan fingerprint density at radius 2 is 1.06 bits per heavy atom. The highest BCUT2D eigenvalue weighted by Gasteiger charge is 2.04. The van der Waals surface area contributed by atoms with Crippen LogP contribution >= 0.6 is 45.2 Å². The molecule has 2 heteroatoms. The summed E-state index contributed by atoms with van der Waals surface area (Å²) in [7, 11) is 0. The van der Waals surface area contributed by atoms with E-state index in [-0.39, 0.29) is 0 Å². The van der Waals surface area contributed by atoms with Crippen LogP contribution in [0.3, 0.4) is 0 Å². The summed E-state index contributed by atoms with van der Waals surface area (Å²) < 4.78 is 4.60. The highest BCUT2D eigenvalue weighted by Crippen LogP contribution is 2.26. The molecule has 0 aromatic rings. The molecule has 0 heterocycles. The molecule has 0 aliphatic carbocycles. The Morgan fingerprint density at radius 1 is 0.667 bits per heavy atom. The van der Waals surface area contributed by atoms with Crippen LogP contribution in [-0.4, -0.2) is 0 Å². The molecule has 0 unspecified atom stereocenters. The molecule has 0 bridgehead atoms. The number of hydrogen-bond acceptors (Lipinski definition) is 0. The van der Waals surface area contributed by atoms with Crippen molar-refractivity contribution < 1.29 is 0 Å². The molecule has 0 saturated heterocycles. The number of hydrogen-bond donors (Lipinski definition) is 0. The van der Waals surface area contributed by atoms with Crippen molar-refractivity contribution in [3.8, 4) is 0 Å². The van der Waals surface area contributed by atoms with Gasteiger partial charge in [-0.05, 0) is 45.0 Å². The van der Waals surface area contributed by atoms with Crippen molar-refractivity contribution in [3.05, 3.63) is 19.3 Å². The number of rotatable bonds is 11. The number of halogens is 2. The van der Waals surface area contributed by atoms with Gasteiger partial charge in [-0.3, -0.25) is 0 Å². The minimum absolute atomic E-state index is 1.27. The molecule has 0 aliphatic heterocycles. The molecule has 0 nitrogen and oxygen atoms in total. The van der Waals surface area contributed by atoms with Gasteiger partial charge in [0.05, 0.1) is 0 Å². The highest BCUT2D eigenvalue weighted by molar-refractivity contribution is 14.1. The second-order valence-corrected chi connectivity index (χ2v) is 6.14. The van der Waals surface area contributed by atoms with E-state index in [4.69, 9.17) is 0 Å². The van der Waals surface area contributed by atoms with Crippen molar-refractivity contribution in [1.82, 2.24) is 0 Å². The van der Waals surface area contributed by atoms with Crippen LogP contribution in [0.15, 0.2) is 19.3 Å². The lowest BCUT2D eigenvalue weighted by molar-refractivity contribution is 0.649. The molecule has 0 aromatic heterocycles. The largest absolute Gasteiger partial charge is 0.0654 e. The zero-order valence-corrected chi connectivity index (χ0v) is 16.3. The first-order chi connectivity index (χ1) is 8.79. The summed E-state index contributed by atoms with van der Waals surface area (Å²) in [4.78, 5) is 0. The van der Waals surface area contributed by atoms with Gasteiger partial charge in [-0.2, -0.15) is 0 Å². The first-order valence-electron chi connectivity index (χ1n) is 7.39. The van der Waals surface area contributed by atoms with E-state index >= 15 is 0 Å². The Bertz CT molecular complexity index is 215. The van der Waals surface area contributed by atoms with Gasteiger partial charge in [0.2, 0.25) is 0 Å². The van der Waals surface area contributed by atoms with Gasteiger partial charge < -0.3 is 0 Å². The maximum atomic E-state index is 2.41. The van der Waals surface area contributed by atoms with Gasteiger partial charge in [-0.15, -0.1) is 0 Å². The van der Waals surface area contributed by atoms with E-state index < -0.39 is 0 Å². The van der Waals surface area contributed by atoms with Crippen LogP contribution in [0, 0.1) is 0 Å². The van der Waals surface area contributed by atoms with E-state index in [9.17, 15) is 0 Å². The Hall–Kier alpha value is 0.940. The van der Waals surface area contributed by atoms with Gasteiger partial charge in [0, 0.05) is 0 Å². The molecule has 0 amide bonds. The van der Waals surface area contributed by atoms with Crippen molar-refractivity contribution in [3.63, 3.8) is 0 Å². The first-order valence-corrected chi connectivity index (χ1v) is 9.88. The third-order valence-corrected chi connectivity index (χ3v) is 4.78. The van der Waals surface area contributed by atoms with E-state index in [1.165, 1.54) is 64.2 Å². The Labute approximate surface area is 141 Å². The van der Waals surface area contributed by atoms with Crippen LogP contribution in [-0.2, 0) is 0 Å². The van der Waals surface area contributed by atoms with Gasteiger partial charge in [-0.25, -0.2) is 0 Å². The third kappa shape index (κ3) is 9.82. The monoisotopic (exact) mass is 474 g/mol. The van der Waals surface area contributed by atoms with Crippen molar-refractivity contribution >= 4 is 45.2 Å². The molecule has 18 heavy (non-hydrogen) atoms. The normalized spacial score (nSPS) is 13.1. The molecule has 0 aromatic carbocycles. The molecule has 0 rings (SSSR count). The lowest BCUT2D eigenvalue weighted by Crippen LogP contribution is -1.91. The molecular weight excluding hydrogens is 446 g/mol. The third-order valence-electron chi connectivity index (χ3n) is 3.28. The summed E-state index contributed by atoms with van der Waals surface area (Å²) in [6.45, 7) is 4.55. The quantitative estimate of drug-likeness (QED) is 0.165. The van der Waals surface area contributed by atoms with Crippen LogP contribution < -0.4 is 0 Å². The van der Waals surface area contributed by atoms with Crippen molar-refractivity contribution in [2.75, 3.05) is 0 Å². The molecule has 0 atom stereocenters. The number of unbranched alkanes of at least 4 members (excludes halogenated alkanes) is 6. The molecule has 0 radical (unpaired) electrons. The van der Waals surface area contributed by atoms with Gasteiger partial charge >= 0.3 is 0 Å². The maximum absolute atomic E-state index is 2.41. The fourth-order valence-corrected chi connectivity index (χ4v) is 3.48. The van der Waals surface area contributed by atoms with Crippen LogP contribution in [0.25, 0.3) is 0 Å². The minimum atomic E-state index is 1.27. The van der Waals surface area contributed by atoms with E-state index in [0.29, 0.717) is 0 Å². The van der Waals surface area contributed by atoms with E-state index in [2.05, 4.69) is 67.2 Å². The van der Waals surface area contributed by atoms with Crippen molar-refractivity contribution in [2.45, 2.75) is 78.1 Å². The van der Waals surface area contributed by atoms with Crippen LogP contribution in [0.4, 0.5) is 0 Å². The predicted molar refractivity (Wildman–Crippen MR) is 102 cm³/mol. The lowest BCUT2D eigenvalue weighted by atomic mass is 9.97. The zero-order valence-electron chi connectivity index (χ0n) is 12.0. The van der Waals surface area contributed by atoms with Gasteiger partial charge in [0.1, 0.15) is 0 Å². The molecule has 0 spiro atoms. The number of allylic oxidation sites excluding steroid dienone is 2. The fraction of sp³-hybridized carbons (Fsp3) is 0.750. The van der Waals surface area contributed by atoms with Crippen molar-refractivity contribution in [2.24, 2.45) is 0 Å². The average Bonchev–Trinajstić information content (AvgIpc) is 2.40. The summed E-state index contributed by atoms with van der Waals surface area (Å²) in [5, 5.41) is 0. The van der Waals surface area contributed by atoms with E-state index in [0.717, 1.165) is 0 Å². The van der Waals surface area contributed by atoms with Crippen LogP contribution in [0.2, 0.25) is 0 Å². The topological polar surface area (TPSA) is 0 Å². The predicted octanol–water partition coefficient (Wildman–Crippen LogP) is 7.57. The molecule has 0 saturated carbocycles. The van der Waals surface area contributed by atoms with Gasteiger partial charge in [-0.1, -0.05) is 97.6 Å². The second-order valence-electron chi connectivity index (χ2n) is 4.89. The highest BCUT2D eigenvalue weighted by atomic mass is 127. The molecule has 0 N–H and O–H groups in total. The second kappa shape index (κ2) is 14.4. The van der Waals surface area contributed by atoms with Crippen molar-refractivity contribution in [1.29, 1.82) is 0 Å². The zero-order chi connectivity index (χ0) is 13.6.